The minimum Gasteiger partial charge on any atom is -0.494 e. The number of hydrogen-bond donors (Lipinski definition) is 0. The van der Waals surface area contributed by atoms with Crippen molar-refractivity contribution in [1.82, 2.24) is 0 Å². The fourth-order valence-corrected chi connectivity index (χ4v) is 3.11. The second-order valence-corrected chi connectivity index (χ2v) is 7.14. The third kappa shape index (κ3) is 5.40. The molecule has 0 aliphatic carbocycles. The zero-order chi connectivity index (χ0) is 19.8. The van der Waals surface area contributed by atoms with Crippen LogP contribution in [0.3, 0.4) is 0 Å². The third-order valence-corrected chi connectivity index (χ3v) is 4.77. The van der Waals surface area contributed by atoms with Gasteiger partial charge in [-0.15, -0.1) is 0 Å². The van der Waals surface area contributed by atoms with Crippen molar-refractivity contribution in [1.29, 1.82) is 0 Å². The van der Waals surface area contributed by atoms with Gasteiger partial charge in [-0.25, -0.2) is 9.59 Å². The van der Waals surface area contributed by atoms with Crippen LogP contribution in [0.4, 0.5) is 0 Å². The molecule has 3 rings (SSSR count). The molecule has 142 valence electrons. The normalized spacial score (nSPS) is 10.6. The zero-order valence-electron chi connectivity index (χ0n) is 15.1. The van der Waals surface area contributed by atoms with Gasteiger partial charge in [0.05, 0.1) is 18.1 Å². The average Bonchev–Trinajstić information content (AvgIpc) is 2.70. The van der Waals surface area contributed by atoms with Gasteiger partial charge in [0.1, 0.15) is 26.6 Å². The predicted octanol–water partition coefficient (Wildman–Crippen LogP) is 3.48. The van der Waals surface area contributed by atoms with Gasteiger partial charge in [0, 0.05) is 17.5 Å². The van der Waals surface area contributed by atoms with E-state index in [1.807, 2.05) is 0 Å². The van der Waals surface area contributed by atoms with Crippen molar-refractivity contribution < 1.29 is 23.5 Å². The Labute approximate surface area is 163 Å². The van der Waals surface area contributed by atoms with Gasteiger partial charge in [0.15, 0.2) is 0 Å². The lowest BCUT2D eigenvalue weighted by Gasteiger charge is -2.08. The van der Waals surface area contributed by atoms with Gasteiger partial charge in [-0.1, -0.05) is 12.5 Å². The molecule has 0 fully saturated rings. The zero-order valence-corrected chi connectivity index (χ0v) is 16.1. The SMILES string of the molecule is O=C[Si]CCCCOc1ccc(C(=O)Oc2ccc3ccc(=O)oc3c2)cc1. The minimum absolute atomic E-state index is 0.295. The summed E-state index contributed by atoms with van der Waals surface area (Å²) in [5, 5.41) is 0.743. The monoisotopic (exact) mass is 394 g/mol. The Morgan fingerprint density at radius 1 is 1.00 bits per heavy atom. The Balaban J connectivity index is 1.56. The first-order chi connectivity index (χ1) is 13.7. The number of ether oxygens (including phenoxy) is 2. The molecule has 0 unspecified atom stereocenters. The highest BCUT2D eigenvalue weighted by molar-refractivity contribution is 6.66. The molecule has 1 aromatic heterocycles. The summed E-state index contributed by atoms with van der Waals surface area (Å²) in [5.41, 5.74) is 0.278. The van der Waals surface area contributed by atoms with Gasteiger partial charge in [0.25, 0.3) is 0 Å². The van der Waals surface area contributed by atoms with Crippen molar-refractivity contribution in [3.63, 3.8) is 0 Å². The van der Waals surface area contributed by atoms with Crippen LogP contribution in [0.5, 0.6) is 11.5 Å². The maximum absolute atomic E-state index is 12.3. The van der Waals surface area contributed by atoms with Crippen LogP contribution in [0, 0.1) is 0 Å². The topological polar surface area (TPSA) is 82.8 Å². The van der Waals surface area contributed by atoms with E-state index in [9.17, 15) is 14.4 Å². The van der Waals surface area contributed by atoms with E-state index >= 15 is 0 Å². The van der Waals surface area contributed by atoms with E-state index in [0.29, 0.717) is 38.8 Å². The maximum atomic E-state index is 12.3. The lowest BCUT2D eigenvalue weighted by atomic mass is 10.2. The van der Waals surface area contributed by atoms with Gasteiger partial charge in [0.2, 0.25) is 0 Å². The number of fused-ring (bicyclic) bond motifs is 1. The van der Waals surface area contributed by atoms with Gasteiger partial charge in [-0.2, -0.15) is 0 Å². The molecule has 0 N–H and O–H groups in total. The molecule has 0 atom stereocenters. The summed E-state index contributed by atoms with van der Waals surface area (Å²) in [4.78, 5) is 33.9. The van der Waals surface area contributed by atoms with E-state index in [4.69, 9.17) is 13.9 Å². The maximum Gasteiger partial charge on any atom is 0.343 e. The van der Waals surface area contributed by atoms with Crippen LogP contribution >= 0.6 is 0 Å². The van der Waals surface area contributed by atoms with E-state index in [1.54, 1.807) is 42.5 Å². The van der Waals surface area contributed by atoms with Crippen LogP contribution in [0.25, 0.3) is 11.0 Å². The van der Waals surface area contributed by atoms with Gasteiger partial charge in [-0.05, 0) is 48.9 Å². The highest BCUT2D eigenvalue weighted by Gasteiger charge is 2.10. The molecule has 0 bridgehead atoms. The molecule has 0 spiro atoms. The molecule has 0 saturated heterocycles. The first-order valence-electron chi connectivity index (χ1n) is 8.82. The lowest BCUT2D eigenvalue weighted by Crippen LogP contribution is -2.08. The standard InChI is InChI=1S/C21H18O6Si/c22-14-28-12-2-1-11-25-17-7-4-16(5-8-17)21(24)26-18-9-3-15-6-10-20(23)27-19(15)13-18/h3-10,13-14H,1-2,11-12H2. The van der Waals surface area contributed by atoms with Crippen LogP contribution in [0.15, 0.2) is 63.8 Å². The van der Waals surface area contributed by atoms with E-state index < -0.39 is 11.6 Å². The number of hydrogen-bond acceptors (Lipinski definition) is 6. The van der Waals surface area contributed by atoms with Crippen molar-refractivity contribution in [3.8, 4) is 11.5 Å². The van der Waals surface area contributed by atoms with Crippen molar-refractivity contribution in [2.24, 2.45) is 0 Å². The smallest absolute Gasteiger partial charge is 0.343 e. The Morgan fingerprint density at radius 2 is 1.75 bits per heavy atom. The summed E-state index contributed by atoms with van der Waals surface area (Å²) in [6.07, 6.45) is 1.83. The number of carbonyl (C=O) groups is 2. The summed E-state index contributed by atoms with van der Waals surface area (Å²) in [7, 11) is 0.361. The van der Waals surface area contributed by atoms with Crippen LogP contribution < -0.4 is 15.1 Å². The number of benzene rings is 2. The summed E-state index contributed by atoms with van der Waals surface area (Å²) < 4.78 is 16.1. The molecule has 2 radical (unpaired) electrons. The van der Waals surface area contributed by atoms with E-state index in [1.165, 1.54) is 12.1 Å². The highest BCUT2D eigenvalue weighted by Crippen LogP contribution is 2.21. The highest BCUT2D eigenvalue weighted by atomic mass is 28.2. The summed E-state index contributed by atoms with van der Waals surface area (Å²) in [6, 6.07) is 15.4. The predicted molar refractivity (Wildman–Crippen MR) is 106 cm³/mol. The largest absolute Gasteiger partial charge is 0.494 e. The minimum atomic E-state index is -0.515. The number of esters is 1. The first kappa shape index (κ1) is 19.6. The van der Waals surface area contributed by atoms with Crippen molar-refractivity contribution in [2.45, 2.75) is 18.9 Å². The fourth-order valence-electron chi connectivity index (χ4n) is 2.54. The molecule has 0 aliphatic heterocycles. The first-order valence-corrected chi connectivity index (χ1v) is 10.1. The van der Waals surface area contributed by atoms with E-state index in [0.717, 1.165) is 30.2 Å². The summed E-state index contributed by atoms with van der Waals surface area (Å²) >= 11 is 0. The van der Waals surface area contributed by atoms with Gasteiger partial charge < -0.3 is 18.7 Å². The van der Waals surface area contributed by atoms with Gasteiger partial charge >= 0.3 is 11.6 Å². The quantitative estimate of drug-likeness (QED) is 0.138. The third-order valence-electron chi connectivity index (χ3n) is 3.96. The molecule has 28 heavy (non-hydrogen) atoms. The number of unbranched alkanes of at least 4 members (excludes halogenated alkanes) is 1. The Morgan fingerprint density at radius 3 is 2.54 bits per heavy atom. The van der Waals surface area contributed by atoms with Crippen molar-refractivity contribution in [2.75, 3.05) is 6.61 Å². The van der Waals surface area contributed by atoms with Crippen LogP contribution in [-0.2, 0) is 4.79 Å². The molecule has 2 aromatic carbocycles. The fraction of sp³-hybridized carbons (Fsp3) is 0.190. The van der Waals surface area contributed by atoms with E-state index in [2.05, 4.69) is 0 Å². The van der Waals surface area contributed by atoms with Crippen molar-refractivity contribution in [3.05, 3.63) is 70.6 Å². The molecule has 1 heterocycles. The molecule has 0 aliphatic rings. The molecule has 6 nitrogen and oxygen atoms in total. The second-order valence-electron chi connectivity index (χ2n) is 6.00. The molecule has 0 amide bonds. The Kier molecular flexibility index (Phi) is 6.75. The number of carbonyl (C=O) groups excluding carboxylic acids is 2. The second kappa shape index (κ2) is 9.66. The van der Waals surface area contributed by atoms with Crippen LogP contribution in [0.1, 0.15) is 23.2 Å². The molecule has 0 saturated carbocycles. The van der Waals surface area contributed by atoms with Gasteiger partial charge in [-0.3, -0.25) is 0 Å². The van der Waals surface area contributed by atoms with Crippen LogP contribution in [0.2, 0.25) is 6.04 Å². The summed E-state index contributed by atoms with van der Waals surface area (Å²) in [5.74, 6) is 1.40. The molecule has 7 heteroatoms. The van der Waals surface area contributed by atoms with E-state index in [-0.39, 0.29) is 0 Å². The number of rotatable bonds is 9. The van der Waals surface area contributed by atoms with Crippen molar-refractivity contribution >= 4 is 32.4 Å². The summed E-state index contributed by atoms with van der Waals surface area (Å²) in [6.45, 7) is 0.565. The molecular weight excluding hydrogens is 376 g/mol. The molecular formula is C21H18O6Si. The van der Waals surface area contributed by atoms with Crippen LogP contribution in [-0.4, -0.2) is 28.0 Å². The average molecular weight is 394 g/mol. The molecule has 3 aromatic rings. The Hall–Kier alpha value is -3.19. The lowest BCUT2D eigenvalue weighted by molar-refractivity contribution is 0.0735. The Bertz CT molecular complexity index is 1010.